The smallest absolute Gasteiger partial charge is 0.335 e. The Kier molecular flexibility index (Phi) is 9.52. The summed E-state index contributed by atoms with van der Waals surface area (Å²) in [7, 11) is 0. The number of para-hydroxylation sites is 1. The number of benzene rings is 2. The van der Waals surface area contributed by atoms with Gasteiger partial charge in [-0.05, 0) is 56.1 Å². The minimum atomic E-state index is -0.955. The van der Waals surface area contributed by atoms with Crippen molar-refractivity contribution in [1.82, 2.24) is 4.90 Å². The summed E-state index contributed by atoms with van der Waals surface area (Å²) in [5, 5.41) is 9.64. The van der Waals surface area contributed by atoms with E-state index in [0.717, 1.165) is 61.2 Å². The minimum absolute atomic E-state index is 0.0784. The van der Waals surface area contributed by atoms with E-state index < -0.39 is 5.97 Å². The first-order valence-corrected chi connectivity index (χ1v) is 12.5. The Labute approximate surface area is 203 Å². The molecule has 2 aromatic carbocycles. The van der Waals surface area contributed by atoms with Gasteiger partial charge in [-0.25, -0.2) is 4.79 Å². The summed E-state index contributed by atoms with van der Waals surface area (Å²) in [6, 6.07) is 13.3. The number of nitrogens with zero attached hydrogens (tertiary/aromatic N) is 2. The first-order valence-electron chi connectivity index (χ1n) is 12.5. The van der Waals surface area contributed by atoms with E-state index in [1.807, 2.05) is 49.9 Å². The zero-order chi connectivity index (χ0) is 24.5. The molecular formula is C28H38N2O4. The molecule has 0 bridgehead atoms. The molecule has 0 aliphatic carbocycles. The molecule has 1 N–H and O–H groups in total. The lowest BCUT2D eigenvalue weighted by Gasteiger charge is -2.31. The number of carboxylic acid groups (broad SMARTS) is 1. The van der Waals surface area contributed by atoms with Gasteiger partial charge in [0.15, 0.2) is 0 Å². The summed E-state index contributed by atoms with van der Waals surface area (Å²) in [5.74, 6) is -0.125. The molecule has 0 radical (unpaired) electrons. The zero-order valence-corrected chi connectivity index (χ0v) is 20.8. The van der Waals surface area contributed by atoms with Crippen molar-refractivity contribution in [3.63, 3.8) is 0 Å². The quantitative estimate of drug-likeness (QED) is 0.588. The van der Waals surface area contributed by atoms with Crippen molar-refractivity contribution >= 4 is 17.6 Å². The fourth-order valence-electron chi connectivity index (χ4n) is 4.53. The summed E-state index contributed by atoms with van der Waals surface area (Å²) in [6.07, 6.45) is 5.41. The molecule has 6 nitrogen and oxygen atoms in total. The van der Waals surface area contributed by atoms with Crippen LogP contribution in [0.5, 0.6) is 5.75 Å². The van der Waals surface area contributed by atoms with E-state index in [1.165, 1.54) is 0 Å². The van der Waals surface area contributed by atoms with Gasteiger partial charge in [-0.15, -0.1) is 0 Å². The van der Waals surface area contributed by atoms with Crippen molar-refractivity contribution in [1.29, 1.82) is 0 Å². The van der Waals surface area contributed by atoms with Crippen molar-refractivity contribution in [3.05, 3.63) is 59.2 Å². The molecule has 1 heterocycles. The molecule has 2 aromatic rings. The van der Waals surface area contributed by atoms with Gasteiger partial charge in [0.25, 0.3) is 0 Å². The van der Waals surface area contributed by atoms with Crippen LogP contribution in [0.15, 0.2) is 42.5 Å². The van der Waals surface area contributed by atoms with E-state index in [2.05, 4.69) is 11.0 Å². The van der Waals surface area contributed by atoms with Crippen LogP contribution in [-0.2, 0) is 17.9 Å². The molecule has 34 heavy (non-hydrogen) atoms. The van der Waals surface area contributed by atoms with Crippen LogP contribution in [0.3, 0.4) is 0 Å². The molecule has 0 aromatic heterocycles. The third-order valence-corrected chi connectivity index (χ3v) is 6.29. The molecule has 0 fully saturated rings. The predicted octanol–water partition coefficient (Wildman–Crippen LogP) is 5.74. The number of anilines is 1. The highest BCUT2D eigenvalue weighted by molar-refractivity contribution is 5.96. The van der Waals surface area contributed by atoms with Gasteiger partial charge in [-0.2, -0.15) is 0 Å². The SMILES string of the molecule is CCOc1ccccc1CN1CCCCCCCN(C(=O)C(C)C)c2ccc(C(=O)O)cc2C1. The lowest BCUT2D eigenvalue weighted by atomic mass is 10.0. The maximum absolute atomic E-state index is 13.2. The third-order valence-electron chi connectivity index (χ3n) is 6.29. The number of hydrogen-bond acceptors (Lipinski definition) is 4. The fourth-order valence-corrected chi connectivity index (χ4v) is 4.53. The van der Waals surface area contributed by atoms with Crippen molar-refractivity contribution in [3.8, 4) is 5.75 Å². The van der Waals surface area contributed by atoms with Crippen LogP contribution in [0.2, 0.25) is 0 Å². The van der Waals surface area contributed by atoms with E-state index in [0.29, 0.717) is 26.2 Å². The van der Waals surface area contributed by atoms with E-state index in [-0.39, 0.29) is 17.4 Å². The number of hydrogen-bond donors (Lipinski definition) is 1. The molecule has 184 valence electrons. The van der Waals surface area contributed by atoms with E-state index in [4.69, 9.17) is 4.74 Å². The molecule has 1 aliphatic rings. The van der Waals surface area contributed by atoms with Crippen molar-refractivity contribution < 1.29 is 19.4 Å². The Bertz CT molecular complexity index is 973. The van der Waals surface area contributed by atoms with Gasteiger partial charge in [0.1, 0.15) is 5.75 Å². The number of fused-ring (bicyclic) bond motifs is 1. The lowest BCUT2D eigenvalue weighted by Crippen LogP contribution is -2.37. The molecular weight excluding hydrogens is 428 g/mol. The molecule has 0 saturated heterocycles. The molecule has 0 saturated carbocycles. The molecule has 0 spiro atoms. The van der Waals surface area contributed by atoms with Crippen molar-refractivity contribution in [2.24, 2.45) is 5.92 Å². The van der Waals surface area contributed by atoms with Gasteiger partial charge >= 0.3 is 5.97 Å². The van der Waals surface area contributed by atoms with Crippen molar-refractivity contribution in [2.75, 3.05) is 24.6 Å². The topological polar surface area (TPSA) is 70.1 Å². The van der Waals surface area contributed by atoms with Gasteiger partial charge in [-0.1, -0.05) is 51.3 Å². The van der Waals surface area contributed by atoms with Crippen LogP contribution < -0.4 is 9.64 Å². The van der Waals surface area contributed by atoms with E-state index >= 15 is 0 Å². The summed E-state index contributed by atoms with van der Waals surface area (Å²) in [5.41, 5.74) is 3.07. The van der Waals surface area contributed by atoms with Crippen LogP contribution in [-0.4, -0.2) is 41.6 Å². The van der Waals surface area contributed by atoms with E-state index in [1.54, 1.807) is 12.1 Å². The molecule has 1 aliphatic heterocycles. The standard InChI is InChI=1S/C28H38N2O4/c1-4-34-26-13-9-8-12-23(26)19-29-16-10-6-5-7-11-17-30(27(31)21(2)3)25-15-14-22(28(32)33)18-24(25)20-29/h8-9,12-15,18,21H,4-7,10-11,16-17,19-20H2,1-3H3,(H,32,33). The summed E-state index contributed by atoms with van der Waals surface area (Å²) in [4.78, 5) is 29.2. The normalized spacial score (nSPS) is 15.8. The Hall–Kier alpha value is -2.86. The van der Waals surface area contributed by atoms with Crippen LogP contribution in [0.1, 0.15) is 74.4 Å². The van der Waals surface area contributed by atoms with Crippen LogP contribution in [0.4, 0.5) is 5.69 Å². The lowest BCUT2D eigenvalue weighted by molar-refractivity contribution is -0.121. The Balaban J connectivity index is 2.01. The molecule has 0 atom stereocenters. The second-order valence-electron chi connectivity index (χ2n) is 9.31. The van der Waals surface area contributed by atoms with Crippen LogP contribution >= 0.6 is 0 Å². The fraction of sp³-hybridized carbons (Fsp3) is 0.500. The first-order chi connectivity index (χ1) is 16.4. The highest BCUT2D eigenvalue weighted by Gasteiger charge is 2.24. The monoisotopic (exact) mass is 466 g/mol. The average Bonchev–Trinajstić information content (AvgIpc) is 2.81. The van der Waals surface area contributed by atoms with Crippen LogP contribution in [0.25, 0.3) is 0 Å². The maximum atomic E-state index is 13.2. The van der Waals surface area contributed by atoms with Gasteiger partial charge in [0.2, 0.25) is 5.91 Å². The predicted molar refractivity (Wildman–Crippen MR) is 135 cm³/mol. The molecule has 3 rings (SSSR count). The number of rotatable bonds is 6. The number of carboxylic acids is 1. The first kappa shape index (κ1) is 25.8. The number of carbonyl (C=O) groups excluding carboxylic acids is 1. The van der Waals surface area contributed by atoms with Crippen LogP contribution in [0, 0.1) is 5.92 Å². The summed E-state index contributed by atoms with van der Waals surface area (Å²) >= 11 is 0. The van der Waals surface area contributed by atoms with Gasteiger partial charge in [-0.3, -0.25) is 9.69 Å². The maximum Gasteiger partial charge on any atom is 0.335 e. The number of ether oxygens (including phenoxy) is 1. The summed E-state index contributed by atoms with van der Waals surface area (Å²) in [6.45, 7) is 9.25. The van der Waals surface area contributed by atoms with E-state index in [9.17, 15) is 14.7 Å². The highest BCUT2D eigenvalue weighted by Crippen LogP contribution is 2.29. The Morgan fingerprint density at radius 3 is 2.41 bits per heavy atom. The number of aromatic carboxylic acids is 1. The minimum Gasteiger partial charge on any atom is -0.494 e. The van der Waals surface area contributed by atoms with Gasteiger partial charge in [0, 0.05) is 36.8 Å². The molecule has 0 unspecified atom stereocenters. The molecule has 1 amide bonds. The van der Waals surface area contributed by atoms with Crippen molar-refractivity contribution in [2.45, 2.75) is 66.0 Å². The van der Waals surface area contributed by atoms with Gasteiger partial charge in [0.05, 0.1) is 12.2 Å². The third kappa shape index (κ3) is 6.83. The number of carbonyl (C=O) groups is 2. The average molecular weight is 467 g/mol. The van der Waals surface area contributed by atoms with Gasteiger partial charge < -0.3 is 14.7 Å². The Morgan fingerprint density at radius 2 is 1.71 bits per heavy atom. The largest absolute Gasteiger partial charge is 0.494 e. The second-order valence-corrected chi connectivity index (χ2v) is 9.31. The highest BCUT2D eigenvalue weighted by atomic mass is 16.5. The zero-order valence-electron chi connectivity index (χ0n) is 20.8. The summed E-state index contributed by atoms with van der Waals surface area (Å²) < 4.78 is 5.85. The Morgan fingerprint density at radius 1 is 1.00 bits per heavy atom. The molecule has 6 heteroatoms. The number of amides is 1. The second kappa shape index (κ2) is 12.6.